The van der Waals surface area contributed by atoms with Gasteiger partial charge in [-0.05, 0) is 44.3 Å². The second-order valence-electron chi connectivity index (χ2n) is 4.71. The minimum Gasteiger partial charge on any atom is -0.337 e. The summed E-state index contributed by atoms with van der Waals surface area (Å²) < 4.78 is 5.41. The number of piperidine rings is 1. The van der Waals surface area contributed by atoms with Gasteiger partial charge in [-0.15, -0.1) is 11.3 Å². The Morgan fingerprint density at radius 1 is 1.33 bits per heavy atom. The zero-order valence-electron chi connectivity index (χ0n) is 10.5. The first-order valence-corrected chi connectivity index (χ1v) is 7.34. The summed E-state index contributed by atoms with van der Waals surface area (Å²) in [6.07, 6.45) is 3.89. The highest BCUT2D eigenvalue weighted by atomic mass is 32.1. The van der Waals surface area contributed by atoms with Crippen molar-refractivity contribution in [2.24, 2.45) is 0 Å². The quantitative estimate of drug-likeness (QED) is 0.851. The van der Waals surface area contributed by atoms with Crippen molar-refractivity contribution in [3.05, 3.63) is 23.4 Å². The predicted molar refractivity (Wildman–Crippen MR) is 71.5 cm³/mol. The van der Waals surface area contributed by atoms with Gasteiger partial charge in [0.15, 0.2) is 0 Å². The Hall–Kier alpha value is -1.20. The van der Waals surface area contributed by atoms with E-state index >= 15 is 0 Å². The number of aromatic nitrogens is 2. The Morgan fingerprint density at radius 2 is 2.17 bits per heavy atom. The molecule has 1 aliphatic rings. The molecule has 0 aliphatic carbocycles. The molecule has 0 bridgehead atoms. The Labute approximate surface area is 111 Å². The van der Waals surface area contributed by atoms with Crippen LogP contribution in [0.4, 0.5) is 0 Å². The average molecular weight is 263 g/mol. The van der Waals surface area contributed by atoms with E-state index in [9.17, 15) is 0 Å². The Kier molecular flexibility index (Phi) is 3.43. The summed E-state index contributed by atoms with van der Waals surface area (Å²) in [6, 6.07) is 4.25. The maximum atomic E-state index is 5.41. The van der Waals surface area contributed by atoms with E-state index in [1.54, 1.807) is 11.3 Å². The molecule has 3 heterocycles. The average Bonchev–Trinajstić information content (AvgIpc) is 3.09. The summed E-state index contributed by atoms with van der Waals surface area (Å²) in [6.45, 7) is 4.42. The third-order valence-corrected chi connectivity index (χ3v) is 4.34. The van der Waals surface area contributed by atoms with Gasteiger partial charge >= 0.3 is 0 Å². The summed E-state index contributed by atoms with van der Waals surface area (Å²) in [5, 5.41) is 6.10. The molecule has 4 nitrogen and oxygen atoms in total. The fourth-order valence-electron chi connectivity index (χ4n) is 2.37. The number of rotatable bonds is 3. The molecule has 2 aromatic heterocycles. The zero-order valence-corrected chi connectivity index (χ0v) is 11.3. The molecule has 1 saturated heterocycles. The lowest BCUT2D eigenvalue weighted by molar-refractivity contribution is 0.146. The van der Waals surface area contributed by atoms with Crippen LogP contribution in [0.25, 0.3) is 10.7 Å². The van der Waals surface area contributed by atoms with E-state index in [4.69, 9.17) is 4.52 Å². The van der Waals surface area contributed by atoms with Crippen LogP contribution in [0.1, 0.15) is 38.1 Å². The zero-order chi connectivity index (χ0) is 12.4. The highest BCUT2D eigenvalue weighted by molar-refractivity contribution is 7.13. The monoisotopic (exact) mass is 263 g/mol. The lowest BCUT2D eigenvalue weighted by Crippen LogP contribution is -2.32. The molecule has 0 saturated carbocycles. The summed E-state index contributed by atoms with van der Waals surface area (Å²) in [5.41, 5.74) is 0. The molecular formula is C13H17N3OS. The highest BCUT2D eigenvalue weighted by Crippen LogP contribution is 2.26. The SMILES string of the molecule is CC(c1nc(-c2cccs2)no1)N1CCCCC1. The van der Waals surface area contributed by atoms with E-state index in [2.05, 4.69) is 22.0 Å². The second kappa shape index (κ2) is 5.20. The van der Waals surface area contributed by atoms with Crippen LogP contribution < -0.4 is 0 Å². The molecule has 1 atom stereocenters. The van der Waals surface area contributed by atoms with Gasteiger partial charge in [-0.3, -0.25) is 4.90 Å². The van der Waals surface area contributed by atoms with E-state index in [0.717, 1.165) is 23.9 Å². The van der Waals surface area contributed by atoms with Crippen LogP contribution in [0.2, 0.25) is 0 Å². The van der Waals surface area contributed by atoms with Gasteiger partial charge in [-0.1, -0.05) is 17.6 Å². The van der Waals surface area contributed by atoms with Gasteiger partial charge < -0.3 is 4.52 Å². The van der Waals surface area contributed by atoms with E-state index in [0.29, 0.717) is 5.82 Å². The summed E-state index contributed by atoms with van der Waals surface area (Å²) in [4.78, 5) is 8.01. The third kappa shape index (κ3) is 2.33. The van der Waals surface area contributed by atoms with E-state index < -0.39 is 0 Å². The van der Waals surface area contributed by atoms with Crippen LogP contribution in [0, 0.1) is 0 Å². The lowest BCUT2D eigenvalue weighted by Gasteiger charge is -2.29. The third-order valence-electron chi connectivity index (χ3n) is 3.48. The highest BCUT2D eigenvalue weighted by Gasteiger charge is 2.23. The number of likely N-dealkylation sites (tertiary alicyclic amines) is 1. The van der Waals surface area contributed by atoms with Gasteiger partial charge in [0.1, 0.15) is 0 Å². The van der Waals surface area contributed by atoms with Crippen molar-refractivity contribution in [3.63, 3.8) is 0 Å². The minimum absolute atomic E-state index is 0.228. The van der Waals surface area contributed by atoms with Crippen LogP contribution in [0.5, 0.6) is 0 Å². The smallest absolute Gasteiger partial charge is 0.244 e. The van der Waals surface area contributed by atoms with Crippen molar-refractivity contribution in [1.29, 1.82) is 0 Å². The van der Waals surface area contributed by atoms with Gasteiger partial charge in [0.25, 0.3) is 0 Å². The van der Waals surface area contributed by atoms with Gasteiger partial charge in [0, 0.05) is 0 Å². The maximum absolute atomic E-state index is 5.41. The fourth-order valence-corrected chi connectivity index (χ4v) is 3.02. The molecule has 1 fully saturated rings. The van der Waals surface area contributed by atoms with Gasteiger partial charge in [-0.25, -0.2) is 0 Å². The van der Waals surface area contributed by atoms with Crippen molar-refractivity contribution >= 4 is 11.3 Å². The number of thiophene rings is 1. The first-order chi connectivity index (χ1) is 8.84. The molecule has 3 rings (SSSR count). The lowest BCUT2D eigenvalue weighted by atomic mass is 10.1. The minimum atomic E-state index is 0.228. The van der Waals surface area contributed by atoms with E-state index in [-0.39, 0.29) is 6.04 Å². The number of nitrogens with zero attached hydrogens (tertiary/aromatic N) is 3. The van der Waals surface area contributed by atoms with Gasteiger partial charge in [-0.2, -0.15) is 4.98 Å². The van der Waals surface area contributed by atoms with Crippen molar-refractivity contribution in [3.8, 4) is 10.7 Å². The van der Waals surface area contributed by atoms with Gasteiger partial charge in [0.2, 0.25) is 11.7 Å². The van der Waals surface area contributed by atoms with Gasteiger partial charge in [0.05, 0.1) is 10.9 Å². The molecule has 0 radical (unpaired) electrons. The normalized spacial score (nSPS) is 18.9. The molecule has 2 aromatic rings. The number of hydrogen-bond donors (Lipinski definition) is 0. The van der Waals surface area contributed by atoms with Crippen LogP contribution in [-0.2, 0) is 0 Å². The first-order valence-electron chi connectivity index (χ1n) is 6.46. The Balaban J connectivity index is 1.76. The molecule has 18 heavy (non-hydrogen) atoms. The summed E-state index contributed by atoms with van der Waals surface area (Å²) in [7, 11) is 0. The molecule has 1 unspecified atom stereocenters. The summed E-state index contributed by atoms with van der Waals surface area (Å²) in [5.74, 6) is 1.45. The second-order valence-corrected chi connectivity index (χ2v) is 5.65. The molecule has 1 aliphatic heterocycles. The molecular weight excluding hydrogens is 246 g/mol. The molecule has 0 amide bonds. The van der Waals surface area contributed by atoms with Crippen LogP contribution in [-0.4, -0.2) is 28.1 Å². The molecule has 0 N–H and O–H groups in total. The summed E-state index contributed by atoms with van der Waals surface area (Å²) >= 11 is 1.64. The molecule has 0 spiro atoms. The van der Waals surface area contributed by atoms with Crippen LogP contribution in [0.3, 0.4) is 0 Å². The van der Waals surface area contributed by atoms with Crippen LogP contribution >= 0.6 is 11.3 Å². The van der Waals surface area contributed by atoms with Crippen molar-refractivity contribution in [1.82, 2.24) is 15.0 Å². The van der Waals surface area contributed by atoms with E-state index in [1.807, 2.05) is 17.5 Å². The Morgan fingerprint density at radius 3 is 2.89 bits per heavy atom. The number of hydrogen-bond acceptors (Lipinski definition) is 5. The van der Waals surface area contributed by atoms with Crippen LogP contribution in [0.15, 0.2) is 22.0 Å². The van der Waals surface area contributed by atoms with E-state index in [1.165, 1.54) is 19.3 Å². The maximum Gasteiger partial charge on any atom is 0.244 e. The first kappa shape index (κ1) is 11.9. The topological polar surface area (TPSA) is 42.2 Å². The standard InChI is InChI=1S/C13H17N3OS/c1-10(16-7-3-2-4-8-16)13-14-12(15-17-13)11-6-5-9-18-11/h5-6,9-10H,2-4,7-8H2,1H3. The van der Waals surface area contributed by atoms with Crippen molar-refractivity contribution in [2.45, 2.75) is 32.2 Å². The van der Waals surface area contributed by atoms with Crippen molar-refractivity contribution < 1.29 is 4.52 Å². The predicted octanol–water partition coefficient (Wildman–Crippen LogP) is 3.35. The largest absolute Gasteiger partial charge is 0.337 e. The molecule has 0 aromatic carbocycles. The van der Waals surface area contributed by atoms with Crippen molar-refractivity contribution in [2.75, 3.05) is 13.1 Å². The Bertz CT molecular complexity index is 488. The fraction of sp³-hybridized carbons (Fsp3) is 0.538. The molecule has 5 heteroatoms. The molecule has 96 valence electrons.